The van der Waals surface area contributed by atoms with Crippen molar-refractivity contribution in [2.75, 3.05) is 0 Å². The molecule has 0 bridgehead atoms. The average Bonchev–Trinajstić information content (AvgIpc) is 2.29. The summed E-state index contributed by atoms with van der Waals surface area (Å²) in [5.74, 6) is 0. The van der Waals surface area contributed by atoms with Gasteiger partial charge in [-0.05, 0) is 20.8 Å². The molecule has 1 unspecified atom stereocenters. The zero-order valence-corrected chi connectivity index (χ0v) is 8.45. The van der Waals surface area contributed by atoms with Crippen LogP contribution in [0.4, 0.5) is 0 Å². The lowest BCUT2D eigenvalue weighted by molar-refractivity contribution is -0.108. The lowest BCUT2D eigenvalue weighted by atomic mass is 9.94. The molecule has 1 aliphatic rings. The monoisotopic (exact) mass is 186 g/mol. The van der Waals surface area contributed by atoms with E-state index in [2.05, 4.69) is 6.58 Å². The molecule has 0 spiro atoms. The van der Waals surface area contributed by atoms with Crippen molar-refractivity contribution in [2.24, 2.45) is 0 Å². The van der Waals surface area contributed by atoms with Gasteiger partial charge >= 0.3 is 0 Å². The predicted octanol–water partition coefficient (Wildman–Crippen LogP) is 0.852. The molecule has 0 radical (unpaired) electrons. The van der Waals surface area contributed by atoms with Crippen molar-refractivity contribution in [1.29, 1.82) is 0 Å². The van der Waals surface area contributed by atoms with E-state index in [-0.39, 0.29) is 6.10 Å². The summed E-state index contributed by atoms with van der Waals surface area (Å²) in [5.41, 5.74) is -1.63. The van der Waals surface area contributed by atoms with Gasteiger partial charge in [-0.25, -0.2) is 0 Å². The second-order valence-corrected chi connectivity index (χ2v) is 4.40. The van der Waals surface area contributed by atoms with Crippen molar-refractivity contribution >= 4 is 0 Å². The fourth-order valence-corrected chi connectivity index (χ4v) is 1.49. The summed E-state index contributed by atoms with van der Waals surface area (Å²) in [4.78, 5) is 0. The first-order valence-electron chi connectivity index (χ1n) is 4.51. The van der Waals surface area contributed by atoms with E-state index < -0.39 is 17.3 Å². The van der Waals surface area contributed by atoms with Gasteiger partial charge in [0, 0.05) is 6.42 Å². The molecule has 1 saturated heterocycles. The van der Waals surface area contributed by atoms with E-state index >= 15 is 0 Å². The maximum atomic E-state index is 9.69. The van der Waals surface area contributed by atoms with Gasteiger partial charge in [0.05, 0.1) is 17.8 Å². The smallest absolute Gasteiger partial charge is 0.110 e. The molecule has 0 aromatic carbocycles. The minimum absolute atomic E-state index is 0.328. The molecule has 0 aromatic heterocycles. The standard InChI is InChI=1S/C10H18O3/c1-5-10(4)7(11)6-8(13-10)9(2,3)12/h5,7-8,11-12H,1,6H2,2-4H3/t7?,8-,10-/m0/s1. The van der Waals surface area contributed by atoms with E-state index in [1.165, 1.54) is 0 Å². The van der Waals surface area contributed by atoms with E-state index in [0.29, 0.717) is 6.42 Å². The molecular weight excluding hydrogens is 168 g/mol. The van der Waals surface area contributed by atoms with Gasteiger partial charge in [-0.15, -0.1) is 6.58 Å². The third kappa shape index (κ3) is 1.93. The van der Waals surface area contributed by atoms with Gasteiger partial charge in [0.1, 0.15) is 5.60 Å². The van der Waals surface area contributed by atoms with Crippen molar-refractivity contribution in [2.45, 2.75) is 50.6 Å². The molecule has 2 N–H and O–H groups in total. The molecule has 1 fully saturated rings. The van der Waals surface area contributed by atoms with Crippen LogP contribution in [0.5, 0.6) is 0 Å². The third-order valence-electron chi connectivity index (χ3n) is 2.69. The Balaban J connectivity index is 2.76. The molecule has 1 aliphatic heterocycles. The average molecular weight is 186 g/mol. The second kappa shape index (κ2) is 3.08. The fraction of sp³-hybridized carbons (Fsp3) is 0.800. The minimum Gasteiger partial charge on any atom is -0.390 e. The summed E-state index contributed by atoms with van der Waals surface area (Å²) in [5, 5.41) is 19.4. The van der Waals surface area contributed by atoms with Gasteiger partial charge in [-0.1, -0.05) is 6.08 Å². The highest BCUT2D eigenvalue weighted by molar-refractivity contribution is 5.07. The van der Waals surface area contributed by atoms with Crippen LogP contribution in [-0.2, 0) is 4.74 Å². The molecule has 0 saturated carbocycles. The normalized spacial score (nSPS) is 40.7. The van der Waals surface area contributed by atoms with E-state index in [1.54, 1.807) is 26.8 Å². The zero-order valence-electron chi connectivity index (χ0n) is 8.45. The van der Waals surface area contributed by atoms with Crippen LogP contribution in [0.15, 0.2) is 12.7 Å². The highest BCUT2D eigenvalue weighted by Crippen LogP contribution is 2.35. The Morgan fingerprint density at radius 1 is 1.62 bits per heavy atom. The third-order valence-corrected chi connectivity index (χ3v) is 2.69. The molecule has 1 rings (SSSR count). The van der Waals surface area contributed by atoms with Crippen molar-refractivity contribution in [1.82, 2.24) is 0 Å². The molecule has 0 amide bonds. The molecule has 76 valence electrons. The van der Waals surface area contributed by atoms with Crippen molar-refractivity contribution in [3.63, 3.8) is 0 Å². The van der Waals surface area contributed by atoms with Crippen LogP contribution >= 0.6 is 0 Å². The Kier molecular flexibility index (Phi) is 2.54. The van der Waals surface area contributed by atoms with E-state index in [0.717, 1.165) is 0 Å². The number of hydrogen-bond donors (Lipinski definition) is 2. The summed E-state index contributed by atoms with van der Waals surface area (Å²) in [6.07, 6.45) is 1.13. The summed E-state index contributed by atoms with van der Waals surface area (Å²) >= 11 is 0. The molecule has 0 aliphatic carbocycles. The molecule has 13 heavy (non-hydrogen) atoms. The number of aliphatic hydroxyl groups excluding tert-OH is 1. The van der Waals surface area contributed by atoms with Crippen LogP contribution in [0.1, 0.15) is 27.2 Å². The van der Waals surface area contributed by atoms with Gasteiger partial charge in [-0.2, -0.15) is 0 Å². The minimum atomic E-state index is -0.915. The topological polar surface area (TPSA) is 49.7 Å². The first-order chi connectivity index (χ1) is 5.79. The highest BCUT2D eigenvalue weighted by atomic mass is 16.5. The Morgan fingerprint density at radius 3 is 2.38 bits per heavy atom. The SMILES string of the molecule is C=C[C@]1(C)O[C@H](C(C)(C)O)CC1O. The quantitative estimate of drug-likeness (QED) is 0.629. The van der Waals surface area contributed by atoms with Gasteiger partial charge in [0.15, 0.2) is 0 Å². The first-order valence-corrected chi connectivity index (χ1v) is 4.51. The Morgan fingerprint density at radius 2 is 2.15 bits per heavy atom. The fourth-order valence-electron chi connectivity index (χ4n) is 1.49. The molecule has 3 nitrogen and oxygen atoms in total. The largest absolute Gasteiger partial charge is 0.390 e. The lowest BCUT2D eigenvalue weighted by Gasteiger charge is -2.28. The number of ether oxygens (including phenoxy) is 1. The summed E-state index contributed by atoms with van der Waals surface area (Å²) < 4.78 is 5.56. The molecule has 3 heteroatoms. The van der Waals surface area contributed by atoms with Crippen LogP contribution in [0.25, 0.3) is 0 Å². The maximum absolute atomic E-state index is 9.69. The molecular formula is C10H18O3. The van der Waals surface area contributed by atoms with Crippen molar-refractivity contribution in [3.05, 3.63) is 12.7 Å². The second-order valence-electron chi connectivity index (χ2n) is 4.40. The maximum Gasteiger partial charge on any atom is 0.110 e. The summed E-state index contributed by atoms with van der Waals surface area (Å²) in [6, 6.07) is 0. The van der Waals surface area contributed by atoms with Crippen LogP contribution in [0, 0.1) is 0 Å². The van der Waals surface area contributed by atoms with Crippen LogP contribution < -0.4 is 0 Å². The number of hydrogen-bond acceptors (Lipinski definition) is 3. The van der Waals surface area contributed by atoms with E-state index in [9.17, 15) is 10.2 Å². The van der Waals surface area contributed by atoms with Gasteiger partial charge in [0.2, 0.25) is 0 Å². The summed E-state index contributed by atoms with van der Waals surface area (Å²) in [7, 11) is 0. The number of aliphatic hydroxyl groups is 2. The van der Waals surface area contributed by atoms with Crippen molar-refractivity contribution in [3.8, 4) is 0 Å². The van der Waals surface area contributed by atoms with Crippen LogP contribution in [-0.4, -0.2) is 33.6 Å². The van der Waals surface area contributed by atoms with Gasteiger partial charge in [0.25, 0.3) is 0 Å². The zero-order chi connectivity index (χ0) is 10.3. The Labute approximate surface area is 79.0 Å². The van der Waals surface area contributed by atoms with Crippen LogP contribution in [0.3, 0.4) is 0 Å². The Bertz CT molecular complexity index is 207. The van der Waals surface area contributed by atoms with Gasteiger partial charge < -0.3 is 14.9 Å². The molecule has 1 heterocycles. The lowest BCUT2D eigenvalue weighted by Crippen LogP contribution is -2.38. The molecule has 3 atom stereocenters. The van der Waals surface area contributed by atoms with Crippen LogP contribution in [0.2, 0.25) is 0 Å². The molecule has 0 aromatic rings. The van der Waals surface area contributed by atoms with Gasteiger partial charge in [-0.3, -0.25) is 0 Å². The highest BCUT2D eigenvalue weighted by Gasteiger charge is 2.47. The first kappa shape index (κ1) is 10.7. The van der Waals surface area contributed by atoms with E-state index in [4.69, 9.17) is 4.74 Å². The number of rotatable bonds is 2. The van der Waals surface area contributed by atoms with Crippen molar-refractivity contribution < 1.29 is 14.9 Å². The van der Waals surface area contributed by atoms with E-state index in [1.807, 2.05) is 0 Å². The Hall–Kier alpha value is -0.380. The summed E-state index contributed by atoms with van der Waals surface area (Å²) in [6.45, 7) is 8.75. The predicted molar refractivity (Wildman–Crippen MR) is 50.4 cm³/mol.